The fourth-order valence-corrected chi connectivity index (χ4v) is 10.9. The molecule has 0 unspecified atom stereocenters. The van der Waals surface area contributed by atoms with Crippen molar-refractivity contribution >= 4 is 53.4 Å². The first-order valence-corrected chi connectivity index (χ1v) is 21.4. The number of aromatic amines is 1. The topological polar surface area (TPSA) is 103 Å². The number of nitrogens with zero attached hydrogens (tertiary/aromatic N) is 4. The summed E-state index contributed by atoms with van der Waals surface area (Å²) in [4.78, 5) is 42.9. The molecule has 0 saturated carbocycles. The summed E-state index contributed by atoms with van der Waals surface area (Å²) < 4.78 is 6.79. The molecule has 297 valence electrons. The van der Waals surface area contributed by atoms with E-state index in [0.29, 0.717) is 36.6 Å². The van der Waals surface area contributed by atoms with Gasteiger partial charge in [0.05, 0.1) is 18.9 Å². The lowest BCUT2D eigenvalue weighted by Crippen LogP contribution is -2.51. The van der Waals surface area contributed by atoms with E-state index in [1.165, 1.54) is 10.4 Å². The van der Waals surface area contributed by atoms with Crippen molar-refractivity contribution in [1.82, 2.24) is 24.8 Å². The number of aromatic nitrogens is 3. The number of urea groups is 1. The highest BCUT2D eigenvalue weighted by atomic mass is 28.3. The van der Waals surface area contributed by atoms with Crippen molar-refractivity contribution < 1.29 is 14.3 Å². The Kier molecular flexibility index (Phi) is 11.8. The SMILES string of the molecule is CN(C)C(=O)N1CC=C(c2cc3c(-c4cccc(NC(=O)c5ccc(C(C)(C)C)cc5)c4COCC(C)(C)[Si](c4ccccc4)c4ccccc4)ncnc3[nH]2)CC1. The van der Waals surface area contributed by atoms with Gasteiger partial charge in [0.15, 0.2) is 0 Å². The molecule has 1 radical (unpaired) electrons. The maximum Gasteiger partial charge on any atom is 0.319 e. The molecule has 0 aliphatic carbocycles. The van der Waals surface area contributed by atoms with Crippen molar-refractivity contribution in [2.24, 2.45) is 0 Å². The summed E-state index contributed by atoms with van der Waals surface area (Å²) in [6.45, 7) is 13.0. The van der Waals surface area contributed by atoms with E-state index in [9.17, 15) is 9.59 Å². The number of benzene rings is 4. The Balaban J connectivity index is 1.23. The molecular formula is C48H53N6O3Si. The maximum absolute atomic E-state index is 13.9. The van der Waals surface area contributed by atoms with Gasteiger partial charge in [-0.2, -0.15) is 0 Å². The zero-order valence-electron chi connectivity index (χ0n) is 34.6. The van der Waals surface area contributed by atoms with Crippen LogP contribution in [0.3, 0.4) is 0 Å². The van der Waals surface area contributed by atoms with Gasteiger partial charge in [0.2, 0.25) is 0 Å². The normalized spacial score (nSPS) is 13.4. The van der Waals surface area contributed by atoms with E-state index in [1.807, 2.05) is 47.4 Å². The van der Waals surface area contributed by atoms with Gasteiger partial charge in [-0.1, -0.05) is 136 Å². The number of carbonyl (C=O) groups excluding carboxylic acids is 2. The second kappa shape index (κ2) is 16.9. The second-order valence-corrected chi connectivity index (χ2v) is 20.1. The number of hydrogen-bond donors (Lipinski definition) is 2. The summed E-state index contributed by atoms with van der Waals surface area (Å²) in [5, 5.41) is 6.56. The minimum Gasteiger partial charge on any atom is -0.376 e. The molecule has 58 heavy (non-hydrogen) atoms. The van der Waals surface area contributed by atoms with E-state index in [4.69, 9.17) is 9.72 Å². The average molecular weight is 790 g/mol. The summed E-state index contributed by atoms with van der Waals surface area (Å²) >= 11 is 0. The third-order valence-electron chi connectivity index (χ3n) is 10.8. The Morgan fingerprint density at radius 1 is 0.862 bits per heavy atom. The van der Waals surface area contributed by atoms with Crippen molar-refractivity contribution in [3.05, 3.63) is 144 Å². The number of anilines is 1. The molecule has 2 N–H and O–H groups in total. The predicted octanol–water partition coefficient (Wildman–Crippen LogP) is 8.55. The molecule has 7 rings (SSSR count). The van der Waals surface area contributed by atoms with E-state index in [1.54, 1.807) is 25.3 Å². The van der Waals surface area contributed by atoms with E-state index in [-0.39, 0.29) is 29.0 Å². The molecule has 3 heterocycles. The van der Waals surface area contributed by atoms with Gasteiger partial charge < -0.3 is 24.8 Å². The number of hydrogen-bond acceptors (Lipinski definition) is 5. The smallest absolute Gasteiger partial charge is 0.319 e. The van der Waals surface area contributed by atoms with Crippen molar-refractivity contribution in [2.45, 2.75) is 58.1 Å². The van der Waals surface area contributed by atoms with Gasteiger partial charge in [-0.25, -0.2) is 14.8 Å². The van der Waals surface area contributed by atoms with Gasteiger partial charge in [-0.3, -0.25) is 4.79 Å². The van der Waals surface area contributed by atoms with Crippen LogP contribution in [0.4, 0.5) is 10.5 Å². The molecule has 2 aromatic heterocycles. The van der Waals surface area contributed by atoms with E-state index >= 15 is 0 Å². The van der Waals surface area contributed by atoms with E-state index in [2.05, 4.69) is 123 Å². The van der Waals surface area contributed by atoms with Gasteiger partial charge in [-0.05, 0) is 52.3 Å². The Hall–Kier alpha value is -5.84. The Bertz CT molecular complexity index is 2380. The Morgan fingerprint density at radius 2 is 1.53 bits per heavy atom. The van der Waals surface area contributed by atoms with Gasteiger partial charge in [-0.15, -0.1) is 0 Å². The first-order valence-electron chi connectivity index (χ1n) is 19.9. The lowest BCUT2D eigenvalue weighted by Gasteiger charge is -2.33. The van der Waals surface area contributed by atoms with Crippen LogP contribution in [0, 0.1) is 0 Å². The average Bonchev–Trinajstić information content (AvgIpc) is 3.66. The van der Waals surface area contributed by atoms with Gasteiger partial charge in [0.25, 0.3) is 5.91 Å². The molecule has 1 aliphatic rings. The highest BCUT2D eigenvalue weighted by Crippen LogP contribution is 2.36. The van der Waals surface area contributed by atoms with E-state index in [0.717, 1.165) is 45.5 Å². The summed E-state index contributed by atoms with van der Waals surface area (Å²) in [5.74, 6) is -0.194. The van der Waals surface area contributed by atoms with Gasteiger partial charge in [0, 0.05) is 60.6 Å². The fourth-order valence-electron chi connectivity index (χ4n) is 7.73. The van der Waals surface area contributed by atoms with Crippen LogP contribution in [0.1, 0.15) is 68.2 Å². The first-order chi connectivity index (χ1) is 27.8. The summed E-state index contributed by atoms with van der Waals surface area (Å²) in [5.41, 5.74) is 7.62. The van der Waals surface area contributed by atoms with Crippen LogP contribution < -0.4 is 15.7 Å². The molecule has 10 heteroatoms. The van der Waals surface area contributed by atoms with Gasteiger partial charge >= 0.3 is 6.03 Å². The summed E-state index contributed by atoms with van der Waals surface area (Å²) in [7, 11) is 2.28. The lowest BCUT2D eigenvalue weighted by molar-refractivity contribution is 0.100. The van der Waals surface area contributed by atoms with Crippen LogP contribution in [-0.2, 0) is 16.8 Å². The minimum atomic E-state index is -1.27. The van der Waals surface area contributed by atoms with Crippen LogP contribution in [0.15, 0.2) is 122 Å². The monoisotopic (exact) mass is 789 g/mol. The molecule has 0 bridgehead atoms. The Morgan fingerprint density at radius 3 is 2.14 bits per heavy atom. The van der Waals surface area contributed by atoms with Crippen LogP contribution in [0.5, 0.6) is 0 Å². The fraction of sp³-hybridized carbons (Fsp3) is 0.292. The second-order valence-electron chi connectivity index (χ2n) is 16.9. The van der Waals surface area contributed by atoms with Crippen LogP contribution in [0.25, 0.3) is 27.9 Å². The highest BCUT2D eigenvalue weighted by Gasteiger charge is 2.35. The molecule has 0 atom stereocenters. The summed E-state index contributed by atoms with van der Waals surface area (Å²) in [6, 6.07) is 37.4. The third kappa shape index (κ3) is 8.83. The van der Waals surface area contributed by atoms with E-state index < -0.39 is 8.80 Å². The number of nitrogens with one attached hydrogen (secondary N) is 2. The third-order valence-corrected chi connectivity index (χ3v) is 14.2. The van der Waals surface area contributed by atoms with Crippen molar-refractivity contribution in [3.8, 4) is 11.3 Å². The van der Waals surface area contributed by atoms with Crippen molar-refractivity contribution in [2.75, 3.05) is 39.1 Å². The first kappa shape index (κ1) is 40.4. The predicted molar refractivity (Wildman–Crippen MR) is 237 cm³/mol. The Labute approximate surface area is 343 Å². The van der Waals surface area contributed by atoms with Crippen molar-refractivity contribution in [3.63, 3.8) is 0 Å². The van der Waals surface area contributed by atoms with Crippen molar-refractivity contribution in [1.29, 1.82) is 0 Å². The molecule has 9 nitrogen and oxygen atoms in total. The molecule has 0 saturated heterocycles. The molecule has 0 fully saturated rings. The number of H-pyrrole nitrogens is 1. The number of fused-ring (bicyclic) bond motifs is 1. The van der Waals surface area contributed by atoms with Gasteiger partial charge in [0.1, 0.15) is 20.8 Å². The van der Waals surface area contributed by atoms with Crippen LogP contribution in [0.2, 0.25) is 5.04 Å². The number of amides is 3. The highest BCUT2D eigenvalue weighted by molar-refractivity contribution is 6.87. The van der Waals surface area contributed by atoms with Crippen LogP contribution >= 0.6 is 0 Å². The molecule has 0 spiro atoms. The summed E-state index contributed by atoms with van der Waals surface area (Å²) in [6.07, 6.45) is 4.40. The molecule has 4 aromatic carbocycles. The maximum atomic E-state index is 13.9. The minimum absolute atomic E-state index is 0.00417. The molecule has 3 amide bonds. The molecule has 1 aliphatic heterocycles. The van der Waals surface area contributed by atoms with Crippen LogP contribution in [-0.4, -0.2) is 79.3 Å². The number of ether oxygens (including phenoxy) is 1. The molecule has 6 aromatic rings. The molecular weight excluding hydrogens is 737 g/mol. The zero-order chi connectivity index (χ0) is 41.0. The largest absolute Gasteiger partial charge is 0.376 e. The quantitative estimate of drug-likeness (QED) is 0.128. The lowest BCUT2D eigenvalue weighted by atomic mass is 9.86. The number of rotatable bonds is 11. The standard InChI is InChI=1S/C48H53N6O3Si/c1-47(2,3)35-23-21-34(22-24-35)45(55)52-41-20-14-19-38(40(41)30-57-31-48(4,5)58(36-15-10-8-11-16-36)37-17-12-9-13-18-37)43-39-29-42(51-44(39)50-32-49-43)33-25-27-54(28-26-33)46(56)53(6)7/h8-25,29,32H,26-28,30-31H2,1-7H3,(H,52,55)(H,49,50,51). The number of carbonyl (C=O) groups is 2. The zero-order valence-corrected chi connectivity index (χ0v) is 35.6.